The molecule has 0 saturated heterocycles. The van der Waals surface area contributed by atoms with E-state index in [2.05, 4.69) is 34.5 Å². The van der Waals surface area contributed by atoms with Crippen LogP contribution in [0.15, 0.2) is 66.7 Å². The van der Waals surface area contributed by atoms with Crippen LogP contribution in [0.5, 0.6) is 0 Å². The van der Waals surface area contributed by atoms with Crippen molar-refractivity contribution >= 4 is 33.1 Å². The minimum atomic E-state index is 0.439. The van der Waals surface area contributed by atoms with Gasteiger partial charge in [-0.15, -0.1) is 10.2 Å². The second kappa shape index (κ2) is 4.83. The Bertz CT molecular complexity index is 958. The van der Waals surface area contributed by atoms with Crippen LogP contribution in [-0.2, 0) is 0 Å². The molecule has 0 bridgehead atoms. The van der Waals surface area contributed by atoms with Crippen molar-refractivity contribution in [2.24, 2.45) is 0 Å². The van der Waals surface area contributed by atoms with Crippen LogP contribution in [0.1, 0.15) is 0 Å². The molecule has 2 nitrogen and oxygen atoms in total. The van der Waals surface area contributed by atoms with Gasteiger partial charge in [-0.1, -0.05) is 78.3 Å². The summed E-state index contributed by atoms with van der Waals surface area (Å²) in [4.78, 5) is 0. The summed E-state index contributed by atoms with van der Waals surface area (Å²) in [5, 5.41) is 13.2. The Labute approximate surface area is 127 Å². The van der Waals surface area contributed by atoms with Crippen LogP contribution in [0.4, 0.5) is 0 Å². The normalized spacial score (nSPS) is 11.1. The fourth-order valence-corrected chi connectivity index (χ4v) is 2.90. The molecule has 0 N–H and O–H groups in total. The van der Waals surface area contributed by atoms with Crippen LogP contribution >= 0.6 is 11.6 Å². The lowest BCUT2D eigenvalue weighted by molar-refractivity contribution is 1.06. The van der Waals surface area contributed by atoms with E-state index in [0.717, 1.165) is 22.0 Å². The van der Waals surface area contributed by atoms with Crippen molar-refractivity contribution < 1.29 is 0 Å². The number of hydrogen-bond acceptors (Lipinski definition) is 2. The molecule has 0 aliphatic heterocycles. The summed E-state index contributed by atoms with van der Waals surface area (Å²) in [7, 11) is 0. The van der Waals surface area contributed by atoms with Gasteiger partial charge in [0, 0.05) is 16.3 Å². The molecule has 0 aliphatic carbocycles. The van der Waals surface area contributed by atoms with Gasteiger partial charge in [0.05, 0.1) is 0 Å². The zero-order valence-electron chi connectivity index (χ0n) is 11.1. The molecule has 0 aliphatic rings. The van der Waals surface area contributed by atoms with E-state index in [1.54, 1.807) is 0 Å². The molecule has 4 rings (SSSR count). The van der Waals surface area contributed by atoms with Crippen LogP contribution in [0.25, 0.3) is 32.8 Å². The molecule has 1 heterocycles. The molecule has 3 heteroatoms. The smallest absolute Gasteiger partial charge is 0.148 e. The summed E-state index contributed by atoms with van der Waals surface area (Å²) < 4.78 is 0. The lowest BCUT2D eigenvalue weighted by atomic mass is 9.99. The van der Waals surface area contributed by atoms with Crippen LogP contribution in [0.3, 0.4) is 0 Å². The van der Waals surface area contributed by atoms with E-state index in [0.29, 0.717) is 5.15 Å². The number of aromatic nitrogens is 2. The Morgan fingerprint density at radius 3 is 2.14 bits per heavy atom. The summed E-state index contributed by atoms with van der Waals surface area (Å²) in [6.45, 7) is 0. The first-order chi connectivity index (χ1) is 10.3. The molecule has 0 spiro atoms. The highest BCUT2D eigenvalue weighted by Crippen LogP contribution is 2.33. The number of nitrogens with zero attached hydrogens (tertiary/aromatic N) is 2. The third-order valence-corrected chi connectivity index (χ3v) is 3.97. The first-order valence-corrected chi connectivity index (χ1v) is 7.11. The van der Waals surface area contributed by atoms with Crippen molar-refractivity contribution in [1.29, 1.82) is 0 Å². The van der Waals surface area contributed by atoms with Gasteiger partial charge in [-0.25, -0.2) is 0 Å². The van der Waals surface area contributed by atoms with E-state index in [1.807, 2.05) is 42.5 Å². The van der Waals surface area contributed by atoms with E-state index >= 15 is 0 Å². The number of hydrogen-bond donors (Lipinski definition) is 0. The van der Waals surface area contributed by atoms with Crippen LogP contribution in [0, 0.1) is 0 Å². The molecule has 0 fully saturated rings. The highest BCUT2D eigenvalue weighted by Gasteiger charge is 2.11. The maximum Gasteiger partial charge on any atom is 0.159 e. The lowest BCUT2D eigenvalue weighted by Gasteiger charge is -2.09. The highest BCUT2D eigenvalue weighted by atomic mass is 35.5. The zero-order valence-corrected chi connectivity index (χ0v) is 11.9. The molecular weight excluding hydrogens is 280 g/mol. The van der Waals surface area contributed by atoms with Gasteiger partial charge in [-0.05, 0) is 10.8 Å². The predicted octanol–water partition coefficient (Wildman–Crippen LogP) is 5.10. The molecule has 0 amide bonds. The lowest BCUT2D eigenvalue weighted by Crippen LogP contribution is -1.92. The van der Waals surface area contributed by atoms with E-state index < -0.39 is 0 Å². The molecular formula is C18H11ClN2. The van der Waals surface area contributed by atoms with Gasteiger partial charge in [0.25, 0.3) is 0 Å². The summed E-state index contributed by atoms with van der Waals surface area (Å²) in [6, 6.07) is 22.5. The fourth-order valence-electron chi connectivity index (χ4n) is 2.70. The summed E-state index contributed by atoms with van der Waals surface area (Å²) in [5.41, 5.74) is 1.94. The second-order valence-electron chi connectivity index (χ2n) is 4.91. The Kier molecular flexibility index (Phi) is 2.83. The maximum absolute atomic E-state index is 6.16. The maximum atomic E-state index is 6.16. The highest BCUT2D eigenvalue weighted by molar-refractivity contribution is 6.34. The molecule has 0 unspecified atom stereocenters. The van der Waals surface area contributed by atoms with Crippen molar-refractivity contribution in [1.82, 2.24) is 10.2 Å². The van der Waals surface area contributed by atoms with E-state index in [9.17, 15) is 0 Å². The predicted molar refractivity (Wildman–Crippen MR) is 87.5 cm³/mol. The fraction of sp³-hybridized carbons (Fsp3) is 0. The minimum Gasteiger partial charge on any atom is -0.148 e. The van der Waals surface area contributed by atoms with Crippen molar-refractivity contribution in [3.63, 3.8) is 0 Å². The van der Waals surface area contributed by atoms with E-state index in [-0.39, 0.29) is 0 Å². The van der Waals surface area contributed by atoms with Gasteiger partial charge in [0.15, 0.2) is 5.15 Å². The average Bonchev–Trinajstić information content (AvgIpc) is 2.55. The summed E-state index contributed by atoms with van der Waals surface area (Å²) in [6.07, 6.45) is 0. The molecule has 21 heavy (non-hydrogen) atoms. The SMILES string of the molecule is Clc1nnc(-c2cccc3ccccc23)c2ccccc12. The van der Waals surface area contributed by atoms with Crippen LogP contribution < -0.4 is 0 Å². The van der Waals surface area contributed by atoms with Crippen molar-refractivity contribution in [2.75, 3.05) is 0 Å². The number of rotatable bonds is 1. The summed E-state index contributed by atoms with van der Waals surface area (Å²) >= 11 is 6.16. The topological polar surface area (TPSA) is 25.8 Å². The Morgan fingerprint density at radius 2 is 1.29 bits per heavy atom. The summed E-state index contributed by atoms with van der Waals surface area (Å²) in [5.74, 6) is 0. The Morgan fingerprint density at radius 1 is 0.619 bits per heavy atom. The first kappa shape index (κ1) is 12.3. The molecule has 3 aromatic carbocycles. The molecule has 0 saturated carbocycles. The zero-order chi connectivity index (χ0) is 14.2. The van der Waals surface area contributed by atoms with Crippen molar-refractivity contribution in [3.8, 4) is 11.3 Å². The van der Waals surface area contributed by atoms with Crippen molar-refractivity contribution in [3.05, 3.63) is 71.9 Å². The largest absolute Gasteiger partial charge is 0.159 e. The molecule has 1 aromatic heterocycles. The number of benzene rings is 3. The quantitative estimate of drug-likeness (QED) is 0.487. The van der Waals surface area contributed by atoms with Gasteiger partial charge >= 0.3 is 0 Å². The number of halogens is 1. The third-order valence-electron chi connectivity index (χ3n) is 3.69. The standard InChI is InChI=1S/C18H11ClN2/c19-18-16-10-4-3-9-15(16)17(20-21-18)14-11-5-7-12-6-1-2-8-13(12)14/h1-11H. The Hall–Kier alpha value is -2.45. The minimum absolute atomic E-state index is 0.439. The third kappa shape index (κ3) is 1.96. The molecule has 100 valence electrons. The molecule has 0 radical (unpaired) electrons. The van der Waals surface area contributed by atoms with Crippen LogP contribution in [-0.4, -0.2) is 10.2 Å². The van der Waals surface area contributed by atoms with Gasteiger partial charge in [-0.2, -0.15) is 0 Å². The van der Waals surface area contributed by atoms with E-state index in [4.69, 9.17) is 11.6 Å². The molecule has 4 aromatic rings. The second-order valence-corrected chi connectivity index (χ2v) is 5.27. The average molecular weight is 291 g/mol. The van der Waals surface area contributed by atoms with Gasteiger partial charge in [0.1, 0.15) is 5.69 Å². The van der Waals surface area contributed by atoms with Gasteiger partial charge < -0.3 is 0 Å². The van der Waals surface area contributed by atoms with Gasteiger partial charge in [-0.3, -0.25) is 0 Å². The molecule has 0 atom stereocenters. The Balaban J connectivity index is 2.13. The number of fused-ring (bicyclic) bond motifs is 2. The first-order valence-electron chi connectivity index (χ1n) is 6.73. The monoisotopic (exact) mass is 290 g/mol. The van der Waals surface area contributed by atoms with E-state index in [1.165, 1.54) is 10.8 Å². The van der Waals surface area contributed by atoms with Crippen LogP contribution in [0.2, 0.25) is 5.15 Å². The van der Waals surface area contributed by atoms with Crippen molar-refractivity contribution in [2.45, 2.75) is 0 Å². The van der Waals surface area contributed by atoms with Gasteiger partial charge in [0.2, 0.25) is 0 Å².